The van der Waals surface area contributed by atoms with Gasteiger partial charge >= 0.3 is 0 Å². The van der Waals surface area contributed by atoms with Crippen LogP contribution in [0.2, 0.25) is 20.2 Å². The molecule has 2 rings (SSSR count). The summed E-state index contributed by atoms with van der Waals surface area (Å²) in [5.74, 6) is -0.515. The van der Waals surface area contributed by atoms with E-state index in [0.717, 1.165) is 5.56 Å². The summed E-state index contributed by atoms with van der Waals surface area (Å²) in [5.41, 5.74) is 1.21. The summed E-state index contributed by atoms with van der Waals surface area (Å²) >= 11 is 23.7. The average molecular weight is 350 g/mol. The molecule has 3 nitrogen and oxygen atoms in total. The lowest BCUT2D eigenvalue weighted by atomic mass is 10.2. The summed E-state index contributed by atoms with van der Waals surface area (Å²) in [4.78, 5) is 16.0. The Morgan fingerprint density at radius 2 is 1.75 bits per heavy atom. The highest BCUT2D eigenvalue weighted by Gasteiger charge is 2.15. The third-order valence-corrected chi connectivity index (χ3v) is 3.76. The van der Waals surface area contributed by atoms with Crippen molar-refractivity contribution in [3.63, 3.8) is 0 Å². The third kappa shape index (κ3) is 3.36. The normalized spacial score (nSPS) is 10.4. The summed E-state index contributed by atoms with van der Waals surface area (Å²) in [6.45, 7) is 1.81. The summed E-state index contributed by atoms with van der Waals surface area (Å²) in [5, 5.41) is 3.84. The molecule has 0 bridgehead atoms. The van der Waals surface area contributed by atoms with Crippen LogP contribution in [-0.2, 0) is 0 Å². The van der Waals surface area contributed by atoms with E-state index in [-0.39, 0.29) is 15.9 Å². The number of halogens is 4. The maximum atomic E-state index is 12.1. The molecule has 1 amide bonds. The molecule has 1 aromatic heterocycles. The lowest BCUT2D eigenvalue weighted by molar-refractivity contribution is 0.102. The first kappa shape index (κ1) is 15.4. The molecule has 0 spiro atoms. The van der Waals surface area contributed by atoms with Gasteiger partial charge in [0.2, 0.25) is 0 Å². The number of pyridine rings is 1. The summed E-state index contributed by atoms with van der Waals surface area (Å²) < 4.78 is 0. The number of hydrogen-bond acceptors (Lipinski definition) is 2. The topological polar surface area (TPSA) is 42.0 Å². The van der Waals surface area contributed by atoms with Crippen molar-refractivity contribution in [1.29, 1.82) is 0 Å². The molecule has 0 unspecified atom stereocenters. The van der Waals surface area contributed by atoms with Gasteiger partial charge in [-0.15, -0.1) is 0 Å². The minimum Gasteiger partial charge on any atom is -0.319 e. The number of nitrogens with one attached hydrogen (secondary N) is 1. The molecule has 104 valence electrons. The van der Waals surface area contributed by atoms with E-state index in [1.807, 2.05) is 6.92 Å². The first-order valence-corrected chi connectivity index (χ1v) is 6.98. The van der Waals surface area contributed by atoms with Gasteiger partial charge in [0.25, 0.3) is 5.91 Å². The quantitative estimate of drug-likeness (QED) is 0.751. The number of carbonyl (C=O) groups excluding carboxylic acids is 1. The fraction of sp³-hybridized carbons (Fsp3) is 0.0769. The lowest BCUT2D eigenvalue weighted by Gasteiger charge is -2.10. The number of nitrogens with zero attached hydrogens (tertiary/aromatic N) is 1. The van der Waals surface area contributed by atoms with Crippen LogP contribution in [0.3, 0.4) is 0 Å². The summed E-state index contributed by atoms with van der Waals surface area (Å²) in [6.07, 6.45) is 0. The van der Waals surface area contributed by atoms with E-state index < -0.39 is 5.91 Å². The number of hydrogen-bond donors (Lipinski definition) is 1. The Kier molecular flexibility index (Phi) is 4.76. The molecule has 0 aliphatic heterocycles. The van der Waals surface area contributed by atoms with Gasteiger partial charge in [0, 0.05) is 5.02 Å². The predicted molar refractivity (Wildman–Crippen MR) is 83.4 cm³/mol. The van der Waals surface area contributed by atoms with E-state index in [1.54, 1.807) is 12.1 Å². The van der Waals surface area contributed by atoms with Gasteiger partial charge in [-0.1, -0.05) is 46.4 Å². The average Bonchev–Trinajstić information content (AvgIpc) is 2.38. The molecule has 7 heteroatoms. The second kappa shape index (κ2) is 6.19. The maximum Gasteiger partial charge on any atom is 0.275 e. The fourth-order valence-corrected chi connectivity index (χ4v) is 2.27. The first-order chi connectivity index (χ1) is 9.38. The van der Waals surface area contributed by atoms with Crippen LogP contribution in [0.5, 0.6) is 0 Å². The molecule has 1 heterocycles. The van der Waals surface area contributed by atoms with Gasteiger partial charge in [0.15, 0.2) is 0 Å². The van der Waals surface area contributed by atoms with Crippen LogP contribution in [0.4, 0.5) is 5.69 Å². The number of carbonyl (C=O) groups is 1. The van der Waals surface area contributed by atoms with E-state index in [0.29, 0.717) is 15.7 Å². The van der Waals surface area contributed by atoms with Crippen molar-refractivity contribution >= 4 is 58.0 Å². The molecular formula is C13H8Cl4N2O. The van der Waals surface area contributed by atoms with Crippen molar-refractivity contribution in [2.75, 3.05) is 5.32 Å². The molecule has 0 saturated heterocycles. The van der Waals surface area contributed by atoms with Crippen molar-refractivity contribution in [1.82, 2.24) is 4.98 Å². The second-order valence-corrected chi connectivity index (χ2v) is 5.61. The second-order valence-electron chi connectivity index (χ2n) is 4.00. The van der Waals surface area contributed by atoms with Gasteiger partial charge in [-0.05, 0) is 36.8 Å². The van der Waals surface area contributed by atoms with Crippen molar-refractivity contribution in [2.45, 2.75) is 6.92 Å². The zero-order chi connectivity index (χ0) is 14.9. The van der Waals surface area contributed by atoms with Gasteiger partial charge < -0.3 is 5.32 Å². The molecule has 0 saturated carbocycles. The Balaban J connectivity index is 2.32. The molecular weight excluding hydrogens is 342 g/mol. The zero-order valence-corrected chi connectivity index (χ0v) is 13.2. The SMILES string of the molecule is Cc1cc(Cl)c(NC(=O)c2nc(Cl)ccc2Cl)cc1Cl. The minimum atomic E-state index is -0.515. The Morgan fingerprint density at radius 1 is 1.05 bits per heavy atom. The number of aryl methyl sites for hydroxylation is 1. The molecule has 0 aliphatic rings. The molecule has 20 heavy (non-hydrogen) atoms. The van der Waals surface area contributed by atoms with Crippen LogP contribution in [0.15, 0.2) is 24.3 Å². The van der Waals surface area contributed by atoms with Crippen LogP contribution in [0.25, 0.3) is 0 Å². The first-order valence-electron chi connectivity index (χ1n) is 5.47. The molecule has 0 atom stereocenters. The van der Waals surface area contributed by atoms with E-state index in [2.05, 4.69) is 10.3 Å². The van der Waals surface area contributed by atoms with E-state index in [9.17, 15) is 4.79 Å². The number of aromatic nitrogens is 1. The van der Waals surface area contributed by atoms with Gasteiger partial charge in [0.05, 0.1) is 15.7 Å². The molecule has 1 aromatic carbocycles. The molecule has 1 N–H and O–H groups in total. The van der Waals surface area contributed by atoms with Crippen LogP contribution in [-0.4, -0.2) is 10.9 Å². The predicted octanol–water partition coefficient (Wildman–Crippen LogP) is 5.26. The largest absolute Gasteiger partial charge is 0.319 e. The monoisotopic (exact) mass is 348 g/mol. The van der Waals surface area contributed by atoms with Crippen molar-refractivity contribution in [2.24, 2.45) is 0 Å². The highest BCUT2D eigenvalue weighted by molar-refractivity contribution is 6.37. The van der Waals surface area contributed by atoms with Gasteiger partial charge in [-0.2, -0.15) is 0 Å². The zero-order valence-electron chi connectivity index (χ0n) is 10.2. The van der Waals surface area contributed by atoms with E-state index in [1.165, 1.54) is 12.1 Å². The molecule has 0 fully saturated rings. The Hall–Kier alpha value is -1.000. The van der Waals surface area contributed by atoms with Crippen LogP contribution < -0.4 is 5.32 Å². The van der Waals surface area contributed by atoms with Crippen molar-refractivity contribution in [3.05, 3.63) is 55.7 Å². The van der Waals surface area contributed by atoms with Crippen molar-refractivity contribution in [3.8, 4) is 0 Å². The van der Waals surface area contributed by atoms with E-state index in [4.69, 9.17) is 46.4 Å². The summed E-state index contributed by atoms with van der Waals surface area (Å²) in [7, 11) is 0. The Morgan fingerprint density at radius 3 is 2.45 bits per heavy atom. The smallest absolute Gasteiger partial charge is 0.275 e. The molecule has 2 aromatic rings. The van der Waals surface area contributed by atoms with Crippen LogP contribution >= 0.6 is 46.4 Å². The highest BCUT2D eigenvalue weighted by atomic mass is 35.5. The number of anilines is 1. The van der Waals surface area contributed by atoms with Gasteiger partial charge in [-0.3, -0.25) is 4.79 Å². The number of rotatable bonds is 2. The summed E-state index contributed by atoms with van der Waals surface area (Å²) in [6, 6.07) is 6.22. The standard InChI is InChI=1S/C13H8Cl4N2O/c1-6-4-9(16)10(5-8(6)15)18-13(20)12-7(14)2-3-11(17)19-12/h2-5H,1H3,(H,18,20). The van der Waals surface area contributed by atoms with Crippen molar-refractivity contribution < 1.29 is 4.79 Å². The van der Waals surface area contributed by atoms with Gasteiger partial charge in [0.1, 0.15) is 10.8 Å². The maximum absolute atomic E-state index is 12.1. The Bertz CT molecular complexity index is 688. The minimum absolute atomic E-state index is 0.0203. The highest BCUT2D eigenvalue weighted by Crippen LogP contribution is 2.29. The lowest BCUT2D eigenvalue weighted by Crippen LogP contribution is -2.14. The van der Waals surface area contributed by atoms with Crippen LogP contribution in [0.1, 0.15) is 16.1 Å². The fourth-order valence-electron chi connectivity index (χ4n) is 1.50. The molecule has 0 radical (unpaired) electrons. The van der Waals surface area contributed by atoms with E-state index >= 15 is 0 Å². The number of benzene rings is 1. The Labute approximate surface area is 135 Å². The number of amides is 1. The molecule has 0 aliphatic carbocycles. The van der Waals surface area contributed by atoms with Gasteiger partial charge in [-0.25, -0.2) is 4.98 Å². The van der Waals surface area contributed by atoms with Crippen LogP contribution in [0, 0.1) is 6.92 Å². The third-order valence-electron chi connectivity index (χ3n) is 2.52.